The maximum atomic E-state index is 14.3. The Kier molecular flexibility index (Phi) is 5.49. The molecule has 1 fully saturated rings. The number of hydrogen-bond acceptors (Lipinski definition) is 3. The molecule has 0 unspecified atom stereocenters. The van der Waals surface area contributed by atoms with E-state index >= 15 is 0 Å². The van der Waals surface area contributed by atoms with E-state index < -0.39 is 23.2 Å². The average Bonchev–Trinajstić information content (AvgIpc) is 3.16. The summed E-state index contributed by atoms with van der Waals surface area (Å²) in [6.07, 6.45) is -3.62. The lowest BCUT2D eigenvalue weighted by Gasteiger charge is -2.45. The first kappa shape index (κ1) is 21.7. The number of ether oxygens (including phenoxy) is 1. The summed E-state index contributed by atoms with van der Waals surface area (Å²) in [6.45, 7) is 4.99. The number of piperidine rings is 1. The highest BCUT2D eigenvalue weighted by atomic mass is 19.4. The highest BCUT2D eigenvalue weighted by molar-refractivity contribution is 5.94. The smallest absolute Gasteiger partial charge is 0.431 e. The van der Waals surface area contributed by atoms with Gasteiger partial charge in [0, 0.05) is 38.9 Å². The molecule has 31 heavy (non-hydrogen) atoms. The fraction of sp³-hybridized carbons (Fsp3) is 0.500. The molecule has 2 aromatic rings. The van der Waals surface area contributed by atoms with Crippen LogP contribution in [0.1, 0.15) is 49.9 Å². The van der Waals surface area contributed by atoms with Crippen LogP contribution in [-0.2, 0) is 18.3 Å². The van der Waals surface area contributed by atoms with Crippen molar-refractivity contribution in [1.82, 2.24) is 14.8 Å². The first-order valence-corrected chi connectivity index (χ1v) is 10.4. The fourth-order valence-corrected chi connectivity index (χ4v) is 4.56. The second-order valence-corrected chi connectivity index (χ2v) is 8.37. The molecule has 1 aromatic carbocycles. The van der Waals surface area contributed by atoms with Gasteiger partial charge < -0.3 is 19.5 Å². The Labute approximate surface area is 179 Å². The Morgan fingerprint density at radius 2 is 1.87 bits per heavy atom. The number of likely N-dealkylation sites (tertiary alicyclic amines) is 1. The van der Waals surface area contributed by atoms with E-state index in [1.165, 1.54) is 28.8 Å². The van der Waals surface area contributed by atoms with E-state index in [0.717, 1.165) is 6.07 Å². The second-order valence-electron chi connectivity index (χ2n) is 8.37. The number of carbonyl (C=O) groups excluding carboxylic acids is 1. The van der Waals surface area contributed by atoms with Gasteiger partial charge in [-0.15, -0.1) is 0 Å². The Bertz CT molecular complexity index is 982. The van der Waals surface area contributed by atoms with Gasteiger partial charge >= 0.3 is 6.18 Å². The predicted molar refractivity (Wildman–Crippen MR) is 109 cm³/mol. The number of halogens is 4. The third-order valence-corrected chi connectivity index (χ3v) is 6.01. The van der Waals surface area contributed by atoms with Gasteiger partial charge in [-0.05, 0) is 57.0 Å². The molecule has 0 bridgehead atoms. The van der Waals surface area contributed by atoms with Crippen molar-refractivity contribution in [3.8, 4) is 5.75 Å². The largest absolute Gasteiger partial charge is 0.488 e. The van der Waals surface area contributed by atoms with Crippen LogP contribution in [0.25, 0.3) is 0 Å². The zero-order chi connectivity index (χ0) is 22.4. The average molecular weight is 441 g/mol. The summed E-state index contributed by atoms with van der Waals surface area (Å²) in [7, 11) is 0. The van der Waals surface area contributed by atoms with Gasteiger partial charge in [0.15, 0.2) is 11.6 Å². The molecule has 0 radical (unpaired) electrons. The second kappa shape index (κ2) is 7.85. The molecule has 9 heteroatoms. The predicted octanol–water partition coefficient (Wildman–Crippen LogP) is 4.41. The molecule has 1 aromatic heterocycles. The zero-order valence-electron chi connectivity index (χ0n) is 17.4. The molecule has 0 aliphatic carbocycles. The Hall–Kier alpha value is -2.55. The van der Waals surface area contributed by atoms with Crippen molar-refractivity contribution in [2.45, 2.75) is 51.1 Å². The lowest BCUT2D eigenvalue weighted by Crippen LogP contribution is -2.56. The molecule has 2 aliphatic rings. The number of aromatic nitrogens is 1. The molecule has 4 rings (SSSR count). The van der Waals surface area contributed by atoms with Crippen LogP contribution in [-0.4, -0.2) is 41.1 Å². The Morgan fingerprint density at radius 1 is 1.16 bits per heavy atom. The van der Waals surface area contributed by atoms with E-state index in [-0.39, 0.29) is 31.3 Å². The van der Waals surface area contributed by atoms with Crippen LogP contribution >= 0.6 is 0 Å². The van der Waals surface area contributed by atoms with Crippen molar-refractivity contribution >= 4 is 5.91 Å². The maximum Gasteiger partial charge on any atom is 0.431 e. The molecule has 170 valence electrons. The van der Waals surface area contributed by atoms with Crippen molar-refractivity contribution in [3.63, 3.8) is 0 Å². The lowest BCUT2D eigenvalue weighted by atomic mass is 9.83. The van der Waals surface area contributed by atoms with Crippen molar-refractivity contribution in [3.05, 3.63) is 53.1 Å². The summed E-state index contributed by atoms with van der Waals surface area (Å²) < 4.78 is 61.0. The van der Waals surface area contributed by atoms with Crippen LogP contribution in [0, 0.1) is 5.82 Å². The van der Waals surface area contributed by atoms with E-state index in [2.05, 4.69) is 5.32 Å². The number of nitrogens with one attached hydrogen (secondary N) is 1. The fourth-order valence-electron chi connectivity index (χ4n) is 4.56. The molecular formula is C22H27F4N3O2. The number of rotatable bonds is 3. The molecule has 1 spiro atoms. The van der Waals surface area contributed by atoms with Crippen molar-refractivity contribution in [1.29, 1.82) is 0 Å². The van der Waals surface area contributed by atoms with Gasteiger partial charge in [0.25, 0.3) is 5.91 Å². The Morgan fingerprint density at radius 3 is 2.48 bits per heavy atom. The van der Waals surface area contributed by atoms with Crippen LogP contribution in [0.5, 0.6) is 5.75 Å². The van der Waals surface area contributed by atoms with Gasteiger partial charge in [0.1, 0.15) is 5.69 Å². The molecule has 1 N–H and O–H groups in total. The number of fused-ring (bicyclic) bond motifs is 2. The highest BCUT2D eigenvalue weighted by Crippen LogP contribution is 2.40. The molecule has 0 saturated carbocycles. The first-order chi connectivity index (χ1) is 14.6. The highest BCUT2D eigenvalue weighted by Gasteiger charge is 2.44. The monoisotopic (exact) mass is 441 g/mol. The van der Waals surface area contributed by atoms with Gasteiger partial charge in [0.05, 0.1) is 11.6 Å². The number of amides is 1. The van der Waals surface area contributed by atoms with Crippen molar-refractivity contribution < 1.29 is 28.5 Å². The van der Waals surface area contributed by atoms with Gasteiger partial charge in [0.2, 0.25) is 0 Å². The maximum absolute atomic E-state index is 14.3. The number of benzene rings is 1. The number of hydrogen-bond donors (Lipinski definition) is 1. The minimum Gasteiger partial charge on any atom is -0.488 e. The third-order valence-electron chi connectivity index (χ3n) is 6.01. The molecule has 5 nitrogen and oxygen atoms in total. The molecule has 3 heterocycles. The topological polar surface area (TPSA) is 46.5 Å². The van der Waals surface area contributed by atoms with Crippen molar-refractivity contribution in [2.24, 2.45) is 0 Å². The summed E-state index contributed by atoms with van der Waals surface area (Å²) >= 11 is 0. The van der Waals surface area contributed by atoms with Crippen LogP contribution < -0.4 is 10.1 Å². The SMILES string of the molecule is CC(C)Oc1ccc(C(=O)N2CCC3(CC2)NCCn2c(C(F)(F)F)ccc23)cc1F.[HH]. The quantitative estimate of drug-likeness (QED) is 0.718. The minimum atomic E-state index is -4.40. The summed E-state index contributed by atoms with van der Waals surface area (Å²) in [4.78, 5) is 14.5. The summed E-state index contributed by atoms with van der Waals surface area (Å²) in [5, 5.41) is 3.39. The summed E-state index contributed by atoms with van der Waals surface area (Å²) in [5.74, 6) is -0.803. The van der Waals surface area contributed by atoms with Crippen molar-refractivity contribution in [2.75, 3.05) is 19.6 Å². The van der Waals surface area contributed by atoms with E-state index in [4.69, 9.17) is 4.74 Å². The van der Waals surface area contributed by atoms with Crippen LogP contribution in [0.3, 0.4) is 0 Å². The van der Waals surface area contributed by atoms with Gasteiger partial charge in [-0.1, -0.05) is 0 Å². The molecular weight excluding hydrogens is 414 g/mol. The van der Waals surface area contributed by atoms with E-state index in [0.29, 0.717) is 38.2 Å². The van der Waals surface area contributed by atoms with Gasteiger partial charge in [-0.3, -0.25) is 4.79 Å². The van der Waals surface area contributed by atoms with Gasteiger partial charge in [-0.25, -0.2) is 4.39 Å². The van der Waals surface area contributed by atoms with Crippen LogP contribution in [0.4, 0.5) is 17.6 Å². The number of alkyl halides is 3. The Balaban J connectivity index is 0.00000289. The normalized spacial score (nSPS) is 18.4. The van der Waals surface area contributed by atoms with E-state index in [1.54, 1.807) is 18.7 Å². The standard InChI is InChI=1S/C22H25F4N3O2.H2/c1-14(2)31-17-4-3-15(13-16(17)23)20(30)28-10-7-21(8-11-28)18-5-6-19(22(24,25)26)29(18)12-9-27-21;/h3-6,13-14,27H,7-12H2,1-2H3;1H. The minimum absolute atomic E-state index is 0. The molecule has 0 atom stereocenters. The van der Waals surface area contributed by atoms with Crippen LogP contribution in [0.15, 0.2) is 30.3 Å². The summed E-state index contributed by atoms with van der Waals surface area (Å²) in [6, 6.07) is 6.82. The van der Waals surface area contributed by atoms with E-state index in [9.17, 15) is 22.4 Å². The third kappa shape index (κ3) is 4.03. The number of carbonyl (C=O) groups is 1. The zero-order valence-corrected chi connectivity index (χ0v) is 17.4. The molecule has 1 saturated heterocycles. The van der Waals surface area contributed by atoms with Gasteiger partial charge in [-0.2, -0.15) is 13.2 Å². The van der Waals surface area contributed by atoms with E-state index in [1.807, 2.05) is 0 Å². The molecule has 2 aliphatic heterocycles. The number of nitrogens with zero attached hydrogens (tertiary/aromatic N) is 2. The van der Waals surface area contributed by atoms with Crippen LogP contribution in [0.2, 0.25) is 0 Å². The molecule has 1 amide bonds. The lowest BCUT2D eigenvalue weighted by molar-refractivity contribution is -0.144. The first-order valence-electron chi connectivity index (χ1n) is 10.4. The summed E-state index contributed by atoms with van der Waals surface area (Å²) in [5.41, 5.74) is -0.400.